The molecule has 0 radical (unpaired) electrons. The summed E-state index contributed by atoms with van der Waals surface area (Å²) >= 11 is 0. The molecule has 0 aromatic rings. The van der Waals surface area contributed by atoms with E-state index in [1.54, 1.807) is 0 Å². The Hall–Kier alpha value is -2.20. The summed E-state index contributed by atoms with van der Waals surface area (Å²) in [5.41, 5.74) is 0. The van der Waals surface area contributed by atoms with Crippen molar-refractivity contribution in [2.24, 2.45) is 0 Å². The van der Waals surface area contributed by atoms with Crippen molar-refractivity contribution >= 4 is 39.5 Å². The van der Waals surface area contributed by atoms with E-state index in [-0.39, 0.29) is 25.7 Å². The lowest BCUT2D eigenvalue weighted by Gasteiger charge is -2.21. The summed E-state index contributed by atoms with van der Waals surface area (Å²) in [6.07, 6.45) is 68.9. The fourth-order valence-electron chi connectivity index (χ4n) is 12.3. The number of carbonyl (C=O) groups is 4. The average molecular weight is 1460 g/mol. The summed E-state index contributed by atoms with van der Waals surface area (Å²) in [6.45, 7) is 5.01. The number of carbonyl (C=O) groups excluding carboxylic acids is 4. The highest BCUT2D eigenvalue weighted by Crippen LogP contribution is 2.45. The van der Waals surface area contributed by atoms with Crippen LogP contribution < -0.4 is 0 Å². The normalized spacial score (nSPS) is 13.9. The molecule has 0 rings (SSSR count). The van der Waals surface area contributed by atoms with Gasteiger partial charge in [-0.05, 0) is 51.4 Å². The van der Waals surface area contributed by atoms with Crippen molar-refractivity contribution in [2.45, 2.75) is 444 Å². The molecule has 19 heteroatoms. The number of rotatable bonds is 81. The Labute approximate surface area is 612 Å². The number of aliphatic hydroxyl groups excluding tert-OH is 1. The zero-order chi connectivity index (χ0) is 73.2. The number of ether oxygens (including phenoxy) is 4. The first kappa shape index (κ1) is 97.8. The molecule has 5 atom stereocenters. The van der Waals surface area contributed by atoms with Gasteiger partial charge in [0.25, 0.3) is 0 Å². The summed E-state index contributed by atoms with van der Waals surface area (Å²) in [7, 11) is -9.92. The molecular weight excluding hydrogens is 1310 g/mol. The van der Waals surface area contributed by atoms with Crippen LogP contribution in [0, 0.1) is 0 Å². The van der Waals surface area contributed by atoms with Gasteiger partial charge in [0.05, 0.1) is 26.4 Å². The standard InChI is InChI=1S/C81H156O17P2/c1-5-9-13-17-21-25-29-33-36-37-40-44-48-52-56-60-64-68-81(86)98-77(72-92-79(84)66-62-58-54-50-46-43-39-35-31-27-23-19-15-11-7-3)74-96-100(89,90)94-70-75(82)69-93-99(87,88)95-73-76(97-80(85)67-63-59-55-51-47-41-32-28-24-20-16-12-8-4)71-91-78(83)65-61-57-53-49-45-42-38-34-30-26-22-18-14-10-6-2/h35,39,75-77,82H,5-34,36-38,40-74H2,1-4H3,(H,87,88)(H,89,90)/b39-35-/t75-,76-,77-/m1/s1. The highest BCUT2D eigenvalue weighted by molar-refractivity contribution is 7.47. The third-order valence-corrected chi connectivity index (χ3v) is 20.7. The SMILES string of the molecule is CCCCCCCC/C=C\CCCCCCCC(=O)OC[C@H](COP(=O)(O)OC[C@H](O)COP(=O)(O)OC[C@@H](COC(=O)CCCCCCCCCCCCCCCCC)OC(=O)CCCCCCCCCCCCCCC)OC(=O)CCCCCCCCCCCCCCCCCCC. The van der Waals surface area contributed by atoms with E-state index >= 15 is 0 Å². The van der Waals surface area contributed by atoms with Crippen molar-refractivity contribution < 1.29 is 80.2 Å². The molecule has 0 aliphatic rings. The van der Waals surface area contributed by atoms with Gasteiger partial charge in [-0.1, -0.05) is 361 Å². The molecule has 0 bridgehead atoms. The quantitative estimate of drug-likeness (QED) is 0.0169. The molecule has 0 saturated carbocycles. The van der Waals surface area contributed by atoms with E-state index in [9.17, 15) is 43.2 Å². The molecule has 0 aliphatic carbocycles. The summed E-state index contributed by atoms with van der Waals surface area (Å²) in [5.74, 6) is -2.12. The zero-order valence-corrected chi connectivity index (χ0v) is 66.7. The maximum atomic E-state index is 13.1. The molecule has 592 valence electrons. The van der Waals surface area contributed by atoms with Crippen LogP contribution in [0.3, 0.4) is 0 Å². The molecular formula is C81H156O17P2. The van der Waals surface area contributed by atoms with Crippen LogP contribution in [0.5, 0.6) is 0 Å². The van der Waals surface area contributed by atoms with Gasteiger partial charge < -0.3 is 33.8 Å². The zero-order valence-electron chi connectivity index (χ0n) is 64.9. The minimum atomic E-state index is -4.96. The summed E-state index contributed by atoms with van der Waals surface area (Å²) in [5, 5.41) is 10.6. The van der Waals surface area contributed by atoms with Crippen molar-refractivity contribution in [3.8, 4) is 0 Å². The molecule has 0 heterocycles. The van der Waals surface area contributed by atoms with E-state index in [1.165, 1.54) is 238 Å². The molecule has 0 spiro atoms. The summed E-state index contributed by atoms with van der Waals surface area (Å²) < 4.78 is 68.7. The number of hydrogen-bond donors (Lipinski definition) is 3. The van der Waals surface area contributed by atoms with Gasteiger partial charge in [-0.25, -0.2) is 9.13 Å². The molecule has 2 unspecified atom stereocenters. The lowest BCUT2D eigenvalue weighted by Crippen LogP contribution is -2.30. The Kier molecular flexibility index (Phi) is 73.4. The minimum absolute atomic E-state index is 0.105. The van der Waals surface area contributed by atoms with Gasteiger partial charge >= 0.3 is 39.5 Å². The predicted octanol–water partition coefficient (Wildman–Crippen LogP) is 24.3. The van der Waals surface area contributed by atoms with Gasteiger partial charge in [-0.2, -0.15) is 0 Å². The van der Waals surface area contributed by atoms with Crippen molar-refractivity contribution in [1.82, 2.24) is 0 Å². The first-order chi connectivity index (χ1) is 48.7. The number of esters is 4. The second-order valence-corrected chi connectivity index (χ2v) is 31.7. The largest absolute Gasteiger partial charge is 0.472 e. The topological polar surface area (TPSA) is 237 Å². The third kappa shape index (κ3) is 74.1. The lowest BCUT2D eigenvalue weighted by atomic mass is 10.0. The van der Waals surface area contributed by atoms with Crippen LogP contribution in [0.4, 0.5) is 0 Å². The summed E-state index contributed by atoms with van der Waals surface area (Å²) in [4.78, 5) is 73.1. The highest BCUT2D eigenvalue weighted by Gasteiger charge is 2.30. The van der Waals surface area contributed by atoms with Crippen molar-refractivity contribution in [3.05, 3.63) is 12.2 Å². The molecule has 3 N–H and O–H groups in total. The van der Waals surface area contributed by atoms with Crippen LogP contribution >= 0.6 is 15.6 Å². The molecule has 0 amide bonds. The molecule has 100 heavy (non-hydrogen) atoms. The Bertz CT molecular complexity index is 1940. The number of allylic oxidation sites excluding steroid dienone is 2. The fraction of sp³-hybridized carbons (Fsp3) is 0.926. The van der Waals surface area contributed by atoms with Crippen LogP contribution in [-0.2, 0) is 65.4 Å². The van der Waals surface area contributed by atoms with Crippen molar-refractivity contribution in [3.63, 3.8) is 0 Å². The summed E-state index contributed by atoms with van der Waals surface area (Å²) in [6, 6.07) is 0. The second kappa shape index (κ2) is 75.0. The van der Waals surface area contributed by atoms with Crippen LogP contribution in [0.15, 0.2) is 12.2 Å². The van der Waals surface area contributed by atoms with Gasteiger partial charge in [0.1, 0.15) is 19.3 Å². The molecule has 0 aliphatic heterocycles. The second-order valence-electron chi connectivity index (χ2n) is 28.8. The van der Waals surface area contributed by atoms with E-state index in [0.717, 1.165) is 109 Å². The van der Waals surface area contributed by atoms with E-state index in [4.69, 9.17) is 37.0 Å². The minimum Gasteiger partial charge on any atom is -0.462 e. The third-order valence-electron chi connectivity index (χ3n) is 18.8. The van der Waals surface area contributed by atoms with Gasteiger partial charge in [-0.3, -0.25) is 37.3 Å². The lowest BCUT2D eigenvalue weighted by molar-refractivity contribution is -0.161. The van der Waals surface area contributed by atoms with E-state index < -0.39 is 97.5 Å². The molecule has 0 saturated heterocycles. The number of phosphoric ester groups is 2. The number of phosphoric acid groups is 2. The Morgan fingerprint density at radius 1 is 0.270 bits per heavy atom. The van der Waals surface area contributed by atoms with Gasteiger partial charge in [0, 0.05) is 25.7 Å². The fourth-order valence-corrected chi connectivity index (χ4v) is 13.9. The number of hydrogen-bond acceptors (Lipinski definition) is 15. The van der Waals surface area contributed by atoms with Gasteiger partial charge in [0.2, 0.25) is 0 Å². The maximum absolute atomic E-state index is 13.1. The number of aliphatic hydroxyl groups is 1. The van der Waals surface area contributed by atoms with E-state index in [2.05, 4.69) is 39.8 Å². The highest BCUT2D eigenvalue weighted by atomic mass is 31.2. The van der Waals surface area contributed by atoms with Gasteiger partial charge in [0.15, 0.2) is 12.2 Å². The van der Waals surface area contributed by atoms with Crippen LogP contribution in [0.1, 0.15) is 426 Å². The van der Waals surface area contributed by atoms with Crippen LogP contribution in [-0.4, -0.2) is 96.7 Å². The van der Waals surface area contributed by atoms with E-state index in [0.29, 0.717) is 25.7 Å². The van der Waals surface area contributed by atoms with E-state index in [1.807, 2.05) is 0 Å². The van der Waals surface area contributed by atoms with Crippen LogP contribution in [0.2, 0.25) is 0 Å². The number of unbranched alkanes of at least 4 members (excludes halogenated alkanes) is 53. The van der Waals surface area contributed by atoms with Crippen LogP contribution in [0.25, 0.3) is 0 Å². The smallest absolute Gasteiger partial charge is 0.462 e. The Morgan fingerprint density at radius 2 is 0.460 bits per heavy atom. The predicted molar refractivity (Wildman–Crippen MR) is 409 cm³/mol. The average Bonchev–Trinajstić information content (AvgIpc) is 0.944. The van der Waals surface area contributed by atoms with Crippen molar-refractivity contribution in [1.29, 1.82) is 0 Å². The first-order valence-corrected chi connectivity index (χ1v) is 44.9. The first-order valence-electron chi connectivity index (χ1n) is 41.9. The molecule has 0 aromatic heterocycles. The Balaban J connectivity index is 5.28. The molecule has 0 fully saturated rings. The van der Waals surface area contributed by atoms with Gasteiger partial charge in [-0.15, -0.1) is 0 Å². The Morgan fingerprint density at radius 3 is 0.690 bits per heavy atom. The monoisotopic (exact) mass is 1460 g/mol. The maximum Gasteiger partial charge on any atom is 0.472 e. The molecule has 17 nitrogen and oxygen atoms in total. The molecule has 0 aromatic carbocycles. The van der Waals surface area contributed by atoms with Crippen molar-refractivity contribution in [2.75, 3.05) is 39.6 Å².